The lowest BCUT2D eigenvalue weighted by Gasteiger charge is -2.16. The lowest BCUT2D eigenvalue weighted by Crippen LogP contribution is -2.28. The molecule has 1 fully saturated rings. The van der Waals surface area contributed by atoms with E-state index in [-0.39, 0.29) is 36.0 Å². The molecule has 138 valence electrons. The third-order valence-electron chi connectivity index (χ3n) is 4.01. The van der Waals surface area contributed by atoms with Crippen LogP contribution in [0.3, 0.4) is 0 Å². The summed E-state index contributed by atoms with van der Waals surface area (Å²) in [6, 6.07) is 5.68. The van der Waals surface area contributed by atoms with Crippen LogP contribution in [-0.4, -0.2) is 28.6 Å². The van der Waals surface area contributed by atoms with Crippen molar-refractivity contribution in [2.45, 2.75) is 33.6 Å². The predicted molar refractivity (Wildman–Crippen MR) is 98.6 cm³/mol. The Morgan fingerprint density at radius 3 is 2.65 bits per heavy atom. The van der Waals surface area contributed by atoms with Crippen LogP contribution < -0.4 is 10.2 Å². The maximum absolute atomic E-state index is 13.0. The van der Waals surface area contributed by atoms with Crippen LogP contribution in [-0.2, 0) is 16.0 Å². The predicted octanol–water partition coefficient (Wildman–Crippen LogP) is 3.26. The van der Waals surface area contributed by atoms with E-state index in [4.69, 9.17) is 0 Å². The van der Waals surface area contributed by atoms with E-state index in [1.165, 1.54) is 40.5 Å². The summed E-state index contributed by atoms with van der Waals surface area (Å²) < 4.78 is 13.0. The van der Waals surface area contributed by atoms with Crippen molar-refractivity contribution >= 4 is 34.0 Å². The van der Waals surface area contributed by atoms with Gasteiger partial charge in [0.15, 0.2) is 0 Å². The van der Waals surface area contributed by atoms with E-state index in [0.29, 0.717) is 10.8 Å². The molecule has 0 bridgehead atoms. The molecule has 1 saturated heterocycles. The SMILES string of the molecule is CC(C)(C)Cc1nnc(NC(=O)C2CC(=O)N(c3ccc(F)cc3)C2)s1. The summed E-state index contributed by atoms with van der Waals surface area (Å²) in [5.41, 5.74) is 0.684. The number of hydrogen-bond donors (Lipinski definition) is 1. The summed E-state index contributed by atoms with van der Waals surface area (Å²) in [4.78, 5) is 26.2. The lowest BCUT2D eigenvalue weighted by molar-refractivity contribution is -0.122. The average Bonchev–Trinajstić information content (AvgIpc) is 3.13. The van der Waals surface area contributed by atoms with Gasteiger partial charge in [-0.15, -0.1) is 10.2 Å². The van der Waals surface area contributed by atoms with E-state index in [1.54, 1.807) is 0 Å². The molecule has 0 radical (unpaired) electrons. The van der Waals surface area contributed by atoms with Crippen molar-refractivity contribution in [3.05, 3.63) is 35.1 Å². The maximum Gasteiger partial charge on any atom is 0.231 e. The standard InChI is InChI=1S/C18H21FN4O2S/c1-18(2,3)9-14-21-22-17(26-14)20-16(25)11-8-15(24)23(10-11)13-6-4-12(19)5-7-13/h4-7,11H,8-10H2,1-3H3,(H,20,22,25). The van der Waals surface area contributed by atoms with E-state index >= 15 is 0 Å². The van der Waals surface area contributed by atoms with Gasteiger partial charge < -0.3 is 10.2 Å². The van der Waals surface area contributed by atoms with E-state index in [2.05, 4.69) is 36.3 Å². The summed E-state index contributed by atoms with van der Waals surface area (Å²) in [6.45, 7) is 6.60. The minimum absolute atomic E-state index is 0.0916. The van der Waals surface area contributed by atoms with Gasteiger partial charge in [0.1, 0.15) is 10.8 Å². The molecule has 0 aliphatic carbocycles. The smallest absolute Gasteiger partial charge is 0.231 e. The van der Waals surface area contributed by atoms with Gasteiger partial charge in [-0.05, 0) is 29.7 Å². The number of rotatable bonds is 4. The van der Waals surface area contributed by atoms with E-state index in [1.807, 2.05) is 0 Å². The Balaban J connectivity index is 1.62. The van der Waals surface area contributed by atoms with Gasteiger partial charge in [-0.2, -0.15) is 0 Å². The molecule has 3 rings (SSSR count). The second-order valence-electron chi connectivity index (χ2n) is 7.61. The number of carbonyl (C=O) groups is 2. The van der Waals surface area contributed by atoms with Crippen LogP contribution in [0, 0.1) is 17.2 Å². The molecule has 2 aromatic rings. The Morgan fingerprint density at radius 2 is 2.00 bits per heavy atom. The molecule has 0 saturated carbocycles. The first-order valence-corrected chi connectivity index (χ1v) is 9.22. The van der Waals surface area contributed by atoms with Crippen molar-refractivity contribution in [2.75, 3.05) is 16.8 Å². The van der Waals surface area contributed by atoms with Crippen LogP contribution in [0.4, 0.5) is 15.2 Å². The number of hydrogen-bond acceptors (Lipinski definition) is 5. The van der Waals surface area contributed by atoms with Gasteiger partial charge in [0, 0.05) is 25.1 Å². The molecule has 2 heterocycles. The molecule has 1 aliphatic rings. The highest BCUT2D eigenvalue weighted by atomic mass is 32.1. The first-order chi connectivity index (χ1) is 12.2. The first-order valence-electron chi connectivity index (χ1n) is 8.40. The summed E-state index contributed by atoms with van der Waals surface area (Å²) >= 11 is 1.35. The summed E-state index contributed by atoms with van der Waals surface area (Å²) in [5, 5.41) is 12.2. The third-order valence-corrected chi connectivity index (χ3v) is 4.85. The monoisotopic (exact) mass is 376 g/mol. The van der Waals surface area contributed by atoms with Crippen molar-refractivity contribution in [2.24, 2.45) is 11.3 Å². The van der Waals surface area contributed by atoms with Crippen molar-refractivity contribution in [1.29, 1.82) is 0 Å². The third kappa shape index (κ3) is 4.43. The van der Waals surface area contributed by atoms with Crippen molar-refractivity contribution in [3.63, 3.8) is 0 Å². The summed E-state index contributed by atoms with van der Waals surface area (Å²) in [7, 11) is 0. The average molecular weight is 376 g/mol. The molecular formula is C18H21FN4O2S. The highest BCUT2D eigenvalue weighted by Gasteiger charge is 2.35. The van der Waals surface area contributed by atoms with Gasteiger partial charge >= 0.3 is 0 Å². The molecule has 1 aliphatic heterocycles. The van der Waals surface area contributed by atoms with Crippen molar-refractivity contribution in [3.8, 4) is 0 Å². The van der Waals surface area contributed by atoms with Crippen molar-refractivity contribution in [1.82, 2.24) is 10.2 Å². The molecule has 1 unspecified atom stereocenters. The molecule has 6 nitrogen and oxygen atoms in total. The number of benzene rings is 1. The van der Waals surface area contributed by atoms with Gasteiger partial charge in [0.05, 0.1) is 5.92 Å². The van der Waals surface area contributed by atoms with Crippen LogP contribution in [0.1, 0.15) is 32.2 Å². The highest BCUT2D eigenvalue weighted by molar-refractivity contribution is 7.15. The fourth-order valence-electron chi connectivity index (χ4n) is 2.79. The Hall–Kier alpha value is -2.35. The summed E-state index contributed by atoms with van der Waals surface area (Å²) in [5.74, 6) is -1.23. The second-order valence-corrected chi connectivity index (χ2v) is 8.67. The van der Waals surface area contributed by atoms with E-state index < -0.39 is 5.92 Å². The molecule has 8 heteroatoms. The van der Waals surface area contributed by atoms with E-state index in [0.717, 1.165) is 11.4 Å². The topological polar surface area (TPSA) is 75.2 Å². The normalized spacial score (nSPS) is 17.6. The number of nitrogens with one attached hydrogen (secondary N) is 1. The Bertz CT molecular complexity index is 813. The number of carbonyl (C=O) groups excluding carboxylic acids is 2. The maximum atomic E-state index is 13.0. The molecule has 0 spiro atoms. The number of nitrogens with zero attached hydrogens (tertiary/aromatic N) is 3. The Kier molecular flexibility index (Phi) is 5.04. The molecule has 2 amide bonds. The highest BCUT2D eigenvalue weighted by Crippen LogP contribution is 2.28. The molecule has 1 N–H and O–H groups in total. The molecular weight excluding hydrogens is 355 g/mol. The second kappa shape index (κ2) is 7.11. The van der Waals surface area contributed by atoms with Crippen LogP contribution in [0.25, 0.3) is 0 Å². The van der Waals surface area contributed by atoms with E-state index in [9.17, 15) is 14.0 Å². The quantitative estimate of drug-likeness (QED) is 0.889. The first kappa shape index (κ1) is 18.4. The zero-order valence-corrected chi connectivity index (χ0v) is 15.8. The van der Waals surface area contributed by atoms with Gasteiger partial charge in [0.2, 0.25) is 16.9 Å². The largest absolute Gasteiger partial charge is 0.312 e. The zero-order chi connectivity index (χ0) is 18.9. The van der Waals surface area contributed by atoms with Crippen LogP contribution in [0.15, 0.2) is 24.3 Å². The zero-order valence-electron chi connectivity index (χ0n) is 15.0. The number of amides is 2. The molecule has 1 aromatic carbocycles. The van der Waals surface area contributed by atoms with Crippen molar-refractivity contribution < 1.29 is 14.0 Å². The molecule has 1 aromatic heterocycles. The van der Waals surface area contributed by atoms with Gasteiger partial charge in [-0.25, -0.2) is 4.39 Å². The Morgan fingerprint density at radius 1 is 1.31 bits per heavy atom. The number of halogens is 1. The van der Waals surface area contributed by atoms with Gasteiger partial charge in [-0.1, -0.05) is 32.1 Å². The van der Waals surface area contributed by atoms with Crippen LogP contribution >= 0.6 is 11.3 Å². The number of anilines is 2. The lowest BCUT2D eigenvalue weighted by atomic mass is 9.93. The minimum Gasteiger partial charge on any atom is -0.312 e. The minimum atomic E-state index is -0.470. The fourth-order valence-corrected chi connectivity index (χ4v) is 3.83. The molecule has 26 heavy (non-hydrogen) atoms. The molecule has 1 atom stereocenters. The number of aromatic nitrogens is 2. The fraction of sp³-hybridized carbons (Fsp3) is 0.444. The van der Waals surface area contributed by atoms with Crippen LogP contribution in [0.2, 0.25) is 0 Å². The van der Waals surface area contributed by atoms with Gasteiger partial charge in [-0.3, -0.25) is 9.59 Å². The Labute approximate surface area is 155 Å². The summed E-state index contributed by atoms with van der Waals surface area (Å²) in [6.07, 6.45) is 0.900. The van der Waals surface area contributed by atoms with Crippen LogP contribution in [0.5, 0.6) is 0 Å². The van der Waals surface area contributed by atoms with Gasteiger partial charge in [0.25, 0.3) is 0 Å².